The predicted molar refractivity (Wildman–Crippen MR) is 132 cm³/mol. The van der Waals surface area contributed by atoms with Crippen molar-refractivity contribution in [2.75, 3.05) is 33.4 Å². The van der Waals surface area contributed by atoms with Crippen LogP contribution in [0.5, 0.6) is 5.75 Å². The molecule has 188 valence electrons. The number of amides is 3. The molecule has 1 fully saturated rings. The van der Waals surface area contributed by atoms with Crippen LogP contribution in [0.1, 0.15) is 78.2 Å². The number of carbonyl (C=O) groups is 4. The lowest BCUT2D eigenvalue weighted by Gasteiger charge is -2.44. The van der Waals surface area contributed by atoms with E-state index in [9.17, 15) is 19.2 Å². The first-order chi connectivity index (χ1) is 17.2. The predicted octanol–water partition coefficient (Wildman–Crippen LogP) is 3.58. The summed E-state index contributed by atoms with van der Waals surface area (Å²) in [5.74, 6) is -0.201. The van der Waals surface area contributed by atoms with Crippen LogP contribution in [0.2, 0.25) is 0 Å². The fourth-order valence-corrected chi connectivity index (χ4v) is 5.32. The SMILES string of the molecule is COCCCN1C(=O)c2ccc(C(=O)N3CCC4(CC3)CC(=O)c3cc(C)c(C)cc3O4)cc2C1=O. The molecule has 36 heavy (non-hydrogen) atoms. The molecule has 3 heterocycles. The maximum atomic E-state index is 13.3. The average molecular weight is 491 g/mol. The van der Waals surface area contributed by atoms with Gasteiger partial charge in [-0.25, -0.2) is 0 Å². The Hall–Kier alpha value is -3.52. The number of aryl methyl sites for hydroxylation is 2. The zero-order valence-electron chi connectivity index (χ0n) is 20.9. The third kappa shape index (κ3) is 4.09. The average Bonchev–Trinajstić information content (AvgIpc) is 3.10. The van der Waals surface area contributed by atoms with E-state index in [1.54, 1.807) is 24.1 Å². The zero-order valence-corrected chi connectivity index (χ0v) is 20.9. The molecule has 1 spiro atoms. The second-order valence-corrected chi connectivity index (χ2v) is 9.98. The summed E-state index contributed by atoms with van der Waals surface area (Å²) in [6.45, 7) is 5.60. The lowest BCUT2D eigenvalue weighted by Crippen LogP contribution is -2.52. The van der Waals surface area contributed by atoms with Crippen LogP contribution in [0.15, 0.2) is 30.3 Å². The van der Waals surface area contributed by atoms with Gasteiger partial charge in [0.25, 0.3) is 17.7 Å². The van der Waals surface area contributed by atoms with Crippen LogP contribution in [0.3, 0.4) is 0 Å². The van der Waals surface area contributed by atoms with Crippen molar-refractivity contribution in [2.45, 2.75) is 45.1 Å². The van der Waals surface area contributed by atoms with Crippen LogP contribution in [0.4, 0.5) is 0 Å². The Bertz CT molecular complexity index is 1280. The maximum absolute atomic E-state index is 13.3. The van der Waals surface area contributed by atoms with Crippen LogP contribution >= 0.6 is 0 Å². The van der Waals surface area contributed by atoms with Crippen molar-refractivity contribution in [1.82, 2.24) is 9.80 Å². The van der Waals surface area contributed by atoms with E-state index in [4.69, 9.17) is 9.47 Å². The monoisotopic (exact) mass is 490 g/mol. The summed E-state index contributed by atoms with van der Waals surface area (Å²) in [7, 11) is 1.57. The van der Waals surface area contributed by atoms with E-state index in [1.165, 1.54) is 11.0 Å². The molecule has 1 saturated heterocycles. The third-order valence-corrected chi connectivity index (χ3v) is 7.62. The summed E-state index contributed by atoms with van der Waals surface area (Å²) in [5.41, 5.74) is 3.14. The van der Waals surface area contributed by atoms with E-state index in [2.05, 4.69) is 0 Å². The number of imide groups is 1. The van der Waals surface area contributed by atoms with Gasteiger partial charge >= 0.3 is 0 Å². The summed E-state index contributed by atoms with van der Waals surface area (Å²) in [6, 6.07) is 8.53. The number of piperidine rings is 1. The molecule has 0 radical (unpaired) electrons. The first-order valence-electron chi connectivity index (χ1n) is 12.3. The van der Waals surface area contributed by atoms with E-state index in [1.807, 2.05) is 26.0 Å². The van der Waals surface area contributed by atoms with E-state index in [0.29, 0.717) is 67.8 Å². The Morgan fingerprint density at radius 3 is 2.39 bits per heavy atom. The van der Waals surface area contributed by atoms with Gasteiger partial charge in [-0.2, -0.15) is 0 Å². The largest absolute Gasteiger partial charge is 0.486 e. The van der Waals surface area contributed by atoms with Gasteiger partial charge in [0, 0.05) is 51.8 Å². The van der Waals surface area contributed by atoms with Crippen LogP contribution in [-0.2, 0) is 4.74 Å². The Labute approximate surface area is 210 Å². The number of hydrogen-bond acceptors (Lipinski definition) is 6. The summed E-state index contributed by atoms with van der Waals surface area (Å²) in [6.07, 6.45) is 1.95. The fourth-order valence-electron chi connectivity index (χ4n) is 5.32. The molecule has 0 bridgehead atoms. The molecule has 5 rings (SSSR count). The molecular formula is C28H30N2O6. The fraction of sp³-hybridized carbons (Fsp3) is 0.429. The van der Waals surface area contributed by atoms with Crippen molar-refractivity contribution in [1.29, 1.82) is 0 Å². The van der Waals surface area contributed by atoms with Gasteiger partial charge in [0.2, 0.25) is 0 Å². The van der Waals surface area contributed by atoms with Crippen molar-refractivity contribution < 1.29 is 28.7 Å². The molecule has 2 aromatic carbocycles. The number of rotatable bonds is 5. The molecule has 3 aliphatic rings. The highest BCUT2D eigenvalue weighted by molar-refractivity contribution is 6.22. The quantitative estimate of drug-likeness (QED) is 0.470. The summed E-state index contributed by atoms with van der Waals surface area (Å²) < 4.78 is 11.4. The van der Waals surface area contributed by atoms with E-state index < -0.39 is 5.60 Å². The van der Waals surface area contributed by atoms with Gasteiger partial charge in [-0.3, -0.25) is 24.1 Å². The minimum Gasteiger partial charge on any atom is -0.486 e. The summed E-state index contributed by atoms with van der Waals surface area (Å²) in [5, 5.41) is 0. The lowest BCUT2D eigenvalue weighted by atomic mass is 9.81. The first kappa shape index (κ1) is 24.2. The van der Waals surface area contributed by atoms with Crippen molar-refractivity contribution in [3.05, 3.63) is 63.7 Å². The zero-order chi connectivity index (χ0) is 25.6. The molecule has 0 aliphatic carbocycles. The van der Waals surface area contributed by atoms with Gasteiger partial charge in [-0.05, 0) is 61.7 Å². The lowest BCUT2D eigenvalue weighted by molar-refractivity contribution is -0.00577. The number of ether oxygens (including phenoxy) is 2. The van der Waals surface area contributed by atoms with Crippen LogP contribution < -0.4 is 4.74 Å². The number of Topliss-reactive ketones (excluding diaryl/α,β-unsaturated/α-hetero) is 1. The molecule has 2 aromatic rings. The van der Waals surface area contributed by atoms with Gasteiger partial charge < -0.3 is 14.4 Å². The Morgan fingerprint density at radius 1 is 0.972 bits per heavy atom. The van der Waals surface area contributed by atoms with Crippen molar-refractivity contribution in [3.63, 3.8) is 0 Å². The Morgan fingerprint density at radius 2 is 1.67 bits per heavy atom. The molecule has 3 amide bonds. The molecule has 0 saturated carbocycles. The number of likely N-dealkylation sites (tertiary alicyclic amines) is 1. The topological polar surface area (TPSA) is 93.2 Å². The second kappa shape index (κ2) is 9.17. The molecule has 8 heteroatoms. The minimum atomic E-state index is -0.606. The van der Waals surface area contributed by atoms with Crippen LogP contribution in [-0.4, -0.2) is 72.3 Å². The van der Waals surface area contributed by atoms with Gasteiger partial charge in [0.05, 0.1) is 23.1 Å². The van der Waals surface area contributed by atoms with Crippen LogP contribution in [0, 0.1) is 13.8 Å². The minimum absolute atomic E-state index is 0.0796. The first-order valence-corrected chi connectivity index (χ1v) is 12.3. The normalized spacial score (nSPS) is 18.4. The Kier molecular flexibility index (Phi) is 6.16. The summed E-state index contributed by atoms with van der Waals surface area (Å²) >= 11 is 0. The number of carbonyl (C=O) groups excluding carboxylic acids is 4. The molecular weight excluding hydrogens is 460 g/mol. The van der Waals surface area contributed by atoms with Crippen molar-refractivity contribution in [3.8, 4) is 5.75 Å². The van der Waals surface area contributed by atoms with Gasteiger partial charge in [0.1, 0.15) is 11.4 Å². The number of nitrogens with zero attached hydrogens (tertiary/aromatic N) is 2. The smallest absolute Gasteiger partial charge is 0.261 e. The molecule has 0 N–H and O–H groups in total. The highest BCUT2D eigenvalue weighted by Gasteiger charge is 2.44. The number of benzene rings is 2. The number of fused-ring (bicyclic) bond motifs is 2. The second-order valence-electron chi connectivity index (χ2n) is 9.98. The third-order valence-electron chi connectivity index (χ3n) is 7.62. The number of ketones is 1. The van der Waals surface area contributed by atoms with E-state index in [0.717, 1.165) is 11.1 Å². The van der Waals surface area contributed by atoms with Crippen LogP contribution in [0.25, 0.3) is 0 Å². The molecule has 8 nitrogen and oxygen atoms in total. The maximum Gasteiger partial charge on any atom is 0.261 e. The van der Waals surface area contributed by atoms with Gasteiger partial charge in [-0.1, -0.05) is 0 Å². The van der Waals surface area contributed by atoms with E-state index >= 15 is 0 Å². The molecule has 0 aromatic heterocycles. The Balaban J connectivity index is 1.28. The van der Waals surface area contributed by atoms with Gasteiger partial charge in [0.15, 0.2) is 5.78 Å². The summed E-state index contributed by atoms with van der Waals surface area (Å²) in [4.78, 5) is 54.6. The molecule has 3 aliphatic heterocycles. The highest BCUT2D eigenvalue weighted by atomic mass is 16.5. The van der Waals surface area contributed by atoms with Gasteiger partial charge in [-0.15, -0.1) is 0 Å². The van der Waals surface area contributed by atoms with Crippen molar-refractivity contribution >= 4 is 23.5 Å². The molecule has 0 unspecified atom stereocenters. The number of methoxy groups -OCH3 is 1. The number of hydrogen-bond donors (Lipinski definition) is 0. The standard InChI is InChI=1S/C28H30N2O6/c1-17-13-22-23(31)16-28(36-24(22)14-18(17)2)7-10-29(11-8-28)25(32)19-5-6-20-21(15-19)27(34)30(26(20)33)9-4-12-35-3/h5-6,13-15H,4,7-12,16H2,1-3H3. The highest BCUT2D eigenvalue weighted by Crippen LogP contribution is 2.40. The molecule has 0 atom stereocenters. The van der Waals surface area contributed by atoms with Crippen molar-refractivity contribution in [2.24, 2.45) is 0 Å². The van der Waals surface area contributed by atoms with E-state index in [-0.39, 0.29) is 35.6 Å².